The Bertz CT molecular complexity index is 1250. The summed E-state index contributed by atoms with van der Waals surface area (Å²) in [7, 11) is 3.29. The molecule has 7 heteroatoms. The molecular weight excluding hydrogens is 444 g/mol. The molecule has 0 saturated heterocycles. The van der Waals surface area contributed by atoms with Crippen LogP contribution >= 0.6 is 23.4 Å². The number of thiophene rings is 1. The van der Waals surface area contributed by atoms with Crippen molar-refractivity contribution in [2.45, 2.75) is 18.1 Å². The first-order chi connectivity index (χ1) is 15.7. The zero-order valence-electron chi connectivity index (χ0n) is 17.9. The first kappa shape index (κ1) is 21.2. The van der Waals surface area contributed by atoms with E-state index in [1.807, 2.05) is 43.3 Å². The lowest BCUT2D eigenvalue weighted by Crippen LogP contribution is -2.04. The standard InChI is InChI=1S/C25H22O5S2/c1-4-28-19-14-20(29-18-10-5-15-11-12-31-21(15)13-18)22(16-6-8-17(26-2)9-7-16)24-23(19)25(27-3)30-32-24/h5-14,25H,4H2,1-3H3. The van der Waals surface area contributed by atoms with Crippen molar-refractivity contribution >= 4 is 33.5 Å². The third kappa shape index (κ3) is 3.82. The molecule has 0 N–H and O–H groups in total. The van der Waals surface area contributed by atoms with Gasteiger partial charge in [0.1, 0.15) is 23.0 Å². The Balaban J connectivity index is 1.68. The fourth-order valence-electron chi connectivity index (χ4n) is 3.75. The minimum atomic E-state index is -0.509. The fourth-order valence-corrected chi connectivity index (χ4v) is 5.51. The molecule has 1 aliphatic heterocycles. The highest BCUT2D eigenvalue weighted by molar-refractivity contribution is 7.95. The van der Waals surface area contributed by atoms with E-state index in [0.717, 1.165) is 33.1 Å². The Hall–Kier alpha value is -2.71. The summed E-state index contributed by atoms with van der Waals surface area (Å²) in [6.45, 7) is 2.48. The van der Waals surface area contributed by atoms with Crippen LogP contribution in [0.1, 0.15) is 18.8 Å². The average Bonchev–Trinajstić information content (AvgIpc) is 3.46. The number of hydrogen-bond acceptors (Lipinski definition) is 7. The van der Waals surface area contributed by atoms with Gasteiger partial charge in [0.2, 0.25) is 6.29 Å². The number of benzene rings is 3. The van der Waals surface area contributed by atoms with E-state index in [1.165, 1.54) is 22.1 Å². The molecule has 4 aromatic rings. The topological polar surface area (TPSA) is 46.2 Å². The highest BCUT2D eigenvalue weighted by atomic mass is 32.2. The summed E-state index contributed by atoms with van der Waals surface area (Å²) in [6.07, 6.45) is -0.509. The van der Waals surface area contributed by atoms with Crippen molar-refractivity contribution in [2.24, 2.45) is 0 Å². The van der Waals surface area contributed by atoms with Gasteiger partial charge in [0.25, 0.3) is 0 Å². The van der Waals surface area contributed by atoms with Crippen molar-refractivity contribution in [1.29, 1.82) is 0 Å². The van der Waals surface area contributed by atoms with Crippen LogP contribution in [0, 0.1) is 0 Å². The van der Waals surface area contributed by atoms with Crippen LogP contribution in [-0.2, 0) is 8.92 Å². The molecule has 0 amide bonds. The molecule has 1 unspecified atom stereocenters. The zero-order chi connectivity index (χ0) is 22.1. The number of hydrogen-bond donors (Lipinski definition) is 0. The lowest BCUT2D eigenvalue weighted by Gasteiger charge is -2.19. The molecule has 0 radical (unpaired) electrons. The highest BCUT2D eigenvalue weighted by Gasteiger charge is 2.34. The maximum atomic E-state index is 6.46. The molecule has 1 aromatic heterocycles. The molecule has 5 rings (SSSR count). The van der Waals surface area contributed by atoms with Crippen molar-refractivity contribution < 1.29 is 23.1 Å². The van der Waals surface area contributed by atoms with Gasteiger partial charge in [-0.2, -0.15) is 0 Å². The highest BCUT2D eigenvalue weighted by Crippen LogP contribution is 2.55. The van der Waals surface area contributed by atoms with Gasteiger partial charge in [-0.3, -0.25) is 4.18 Å². The second-order valence-electron chi connectivity index (χ2n) is 7.12. The van der Waals surface area contributed by atoms with Crippen LogP contribution in [0.15, 0.2) is 64.9 Å². The van der Waals surface area contributed by atoms with Gasteiger partial charge in [-0.25, -0.2) is 0 Å². The number of ether oxygens (including phenoxy) is 4. The second kappa shape index (κ2) is 9.03. The van der Waals surface area contributed by atoms with Crippen molar-refractivity contribution in [3.05, 3.63) is 65.5 Å². The average molecular weight is 467 g/mol. The maximum Gasteiger partial charge on any atom is 0.201 e. The van der Waals surface area contributed by atoms with Crippen LogP contribution in [0.25, 0.3) is 21.2 Å². The van der Waals surface area contributed by atoms with Crippen LogP contribution in [0.5, 0.6) is 23.0 Å². The molecule has 0 saturated carbocycles. The molecule has 2 heterocycles. The fraction of sp³-hybridized carbons (Fsp3) is 0.200. The van der Waals surface area contributed by atoms with Gasteiger partial charge in [0.05, 0.1) is 24.2 Å². The minimum absolute atomic E-state index is 0.509. The van der Waals surface area contributed by atoms with Crippen molar-refractivity contribution in [3.8, 4) is 34.1 Å². The SMILES string of the molecule is CCOc1cc(Oc2ccc3ccsc3c2)c(-c2ccc(OC)cc2)c2c1C(OC)OS2. The third-order valence-corrected chi connectivity index (χ3v) is 6.99. The summed E-state index contributed by atoms with van der Waals surface area (Å²) in [5.74, 6) is 2.95. The Morgan fingerprint density at radius 1 is 0.938 bits per heavy atom. The summed E-state index contributed by atoms with van der Waals surface area (Å²) in [6, 6.07) is 18.1. The molecule has 1 aliphatic rings. The van der Waals surface area contributed by atoms with Crippen LogP contribution < -0.4 is 14.2 Å². The van der Waals surface area contributed by atoms with E-state index in [9.17, 15) is 0 Å². The van der Waals surface area contributed by atoms with Crippen LogP contribution in [0.2, 0.25) is 0 Å². The van der Waals surface area contributed by atoms with Gasteiger partial charge in [0, 0.05) is 35.5 Å². The molecule has 3 aromatic carbocycles. The number of rotatable bonds is 7. The summed E-state index contributed by atoms with van der Waals surface area (Å²) in [4.78, 5) is 0.931. The van der Waals surface area contributed by atoms with E-state index >= 15 is 0 Å². The van der Waals surface area contributed by atoms with Crippen LogP contribution in [0.3, 0.4) is 0 Å². The second-order valence-corrected chi connectivity index (χ2v) is 8.84. The molecule has 0 spiro atoms. The monoisotopic (exact) mass is 466 g/mol. The molecule has 1 atom stereocenters. The van der Waals surface area contributed by atoms with Crippen molar-refractivity contribution in [1.82, 2.24) is 0 Å². The molecule has 0 bridgehead atoms. The molecule has 5 nitrogen and oxygen atoms in total. The maximum absolute atomic E-state index is 6.46. The van der Waals surface area contributed by atoms with E-state index < -0.39 is 6.29 Å². The predicted octanol–water partition coefficient (Wildman–Crippen LogP) is 7.45. The van der Waals surface area contributed by atoms with Gasteiger partial charge in [-0.1, -0.05) is 12.1 Å². The van der Waals surface area contributed by atoms with Gasteiger partial charge in [-0.05, 0) is 59.7 Å². The summed E-state index contributed by atoms with van der Waals surface area (Å²) in [5.41, 5.74) is 2.80. The Labute approximate surface area is 195 Å². The van der Waals surface area contributed by atoms with E-state index in [0.29, 0.717) is 18.1 Å². The first-order valence-electron chi connectivity index (χ1n) is 10.2. The Kier molecular flexibility index (Phi) is 5.97. The van der Waals surface area contributed by atoms with Gasteiger partial charge < -0.3 is 18.9 Å². The molecule has 0 aliphatic carbocycles. The summed E-state index contributed by atoms with van der Waals surface area (Å²) >= 11 is 2.98. The molecule has 0 fully saturated rings. The largest absolute Gasteiger partial charge is 0.497 e. The normalized spacial score (nSPS) is 15.0. The van der Waals surface area contributed by atoms with Gasteiger partial charge in [-0.15, -0.1) is 11.3 Å². The van der Waals surface area contributed by atoms with E-state index in [2.05, 4.69) is 23.6 Å². The van der Waals surface area contributed by atoms with Gasteiger partial charge >= 0.3 is 0 Å². The van der Waals surface area contributed by atoms with Crippen LogP contribution in [-0.4, -0.2) is 20.8 Å². The number of methoxy groups -OCH3 is 2. The molecule has 32 heavy (non-hydrogen) atoms. The molecular formula is C25H22O5S2. The quantitative estimate of drug-likeness (QED) is 0.264. The Morgan fingerprint density at radius 3 is 2.50 bits per heavy atom. The minimum Gasteiger partial charge on any atom is -0.497 e. The van der Waals surface area contributed by atoms with Gasteiger partial charge in [0.15, 0.2) is 0 Å². The summed E-state index contributed by atoms with van der Waals surface area (Å²) < 4.78 is 30.4. The van der Waals surface area contributed by atoms with E-state index in [4.69, 9.17) is 23.1 Å². The van der Waals surface area contributed by atoms with Crippen molar-refractivity contribution in [3.63, 3.8) is 0 Å². The zero-order valence-corrected chi connectivity index (χ0v) is 19.5. The van der Waals surface area contributed by atoms with E-state index in [-0.39, 0.29) is 0 Å². The smallest absolute Gasteiger partial charge is 0.201 e. The first-order valence-corrected chi connectivity index (χ1v) is 11.8. The number of fused-ring (bicyclic) bond motifs is 2. The molecule has 164 valence electrons. The predicted molar refractivity (Wildman–Crippen MR) is 128 cm³/mol. The van der Waals surface area contributed by atoms with Crippen molar-refractivity contribution in [2.75, 3.05) is 20.8 Å². The Morgan fingerprint density at radius 2 is 1.75 bits per heavy atom. The lowest BCUT2D eigenvalue weighted by molar-refractivity contribution is -0.0390. The van der Waals surface area contributed by atoms with E-state index in [1.54, 1.807) is 25.6 Å². The lowest BCUT2D eigenvalue weighted by atomic mass is 10.00. The summed E-state index contributed by atoms with van der Waals surface area (Å²) in [5, 5.41) is 3.28. The third-order valence-electron chi connectivity index (χ3n) is 5.25. The van der Waals surface area contributed by atoms with Crippen LogP contribution in [0.4, 0.5) is 0 Å².